The number of likely N-dealkylation sites (tertiary alicyclic amines) is 1. The van der Waals surface area contributed by atoms with Gasteiger partial charge in [-0.3, -0.25) is 19.1 Å². The van der Waals surface area contributed by atoms with Crippen molar-refractivity contribution in [2.75, 3.05) is 20.1 Å². The fourth-order valence-electron chi connectivity index (χ4n) is 3.98. The Morgan fingerprint density at radius 1 is 1.19 bits per heavy atom. The van der Waals surface area contributed by atoms with E-state index in [1.165, 1.54) is 30.8 Å². The van der Waals surface area contributed by atoms with Gasteiger partial charge in [-0.15, -0.1) is 0 Å². The summed E-state index contributed by atoms with van der Waals surface area (Å²) in [4.78, 5) is 35.2. The van der Waals surface area contributed by atoms with Gasteiger partial charge in [0.25, 0.3) is 0 Å². The Labute approximate surface area is 202 Å². The van der Waals surface area contributed by atoms with Gasteiger partial charge in [-0.2, -0.15) is 0 Å². The van der Waals surface area contributed by atoms with E-state index < -0.39 is 0 Å². The molecule has 0 aromatic carbocycles. The normalized spacial score (nSPS) is 24.2. The van der Waals surface area contributed by atoms with Crippen molar-refractivity contribution < 1.29 is 14.4 Å². The molecule has 32 heavy (non-hydrogen) atoms. The molecular weight excluding hydrogens is 462 g/mol. The van der Waals surface area contributed by atoms with Gasteiger partial charge in [-0.05, 0) is 62.6 Å². The summed E-state index contributed by atoms with van der Waals surface area (Å²) in [5.41, 5.74) is 0.140. The van der Waals surface area contributed by atoms with Crippen LogP contribution >= 0.6 is 29.4 Å². The Kier molecular flexibility index (Phi) is 14.7. The van der Waals surface area contributed by atoms with Crippen LogP contribution in [-0.2, 0) is 14.4 Å². The van der Waals surface area contributed by atoms with Crippen LogP contribution in [0.2, 0.25) is 0 Å². The highest BCUT2D eigenvalue weighted by molar-refractivity contribution is 8.42. The minimum Gasteiger partial charge on any atom is -0.357 e. The molecular formula is C22H42N4O3P2S. The second-order valence-corrected chi connectivity index (χ2v) is 10.1. The number of amides is 3. The van der Waals surface area contributed by atoms with Gasteiger partial charge >= 0.3 is 0 Å². The van der Waals surface area contributed by atoms with Gasteiger partial charge < -0.3 is 15.3 Å². The van der Waals surface area contributed by atoms with E-state index in [-0.39, 0.29) is 29.2 Å². The number of hydrogen-bond acceptors (Lipinski definition) is 5. The molecule has 1 saturated heterocycles. The highest BCUT2D eigenvalue weighted by Gasteiger charge is 2.58. The highest BCUT2D eigenvalue weighted by atomic mass is 32.7. The fraction of sp³-hybridized carbons (Fsp3) is 0.773. The number of nitrogens with one attached hydrogen (secondary N) is 3. The van der Waals surface area contributed by atoms with Crippen LogP contribution in [-0.4, -0.2) is 49.3 Å². The van der Waals surface area contributed by atoms with Crippen LogP contribution in [0.5, 0.6) is 0 Å². The average Bonchev–Trinajstić information content (AvgIpc) is 3.71. The molecule has 3 aliphatic rings. The van der Waals surface area contributed by atoms with Crippen molar-refractivity contribution in [1.82, 2.24) is 20.0 Å². The number of allylic oxidation sites excluding steroid dienone is 2. The molecule has 2 saturated carbocycles. The number of likely N-dealkylation sites (N-methyl/N-ethyl adjacent to an activating group) is 1. The van der Waals surface area contributed by atoms with Crippen molar-refractivity contribution in [2.45, 2.75) is 71.3 Å². The molecule has 0 aromatic heterocycles. The standard InChI is InChI=1S/C11H20NOPS.C9H14N2O2.C2H8NP/c1-2-3-4-5-6-7-9-8-10(9)11(13)12-15-14;1-10-8(13)7-9(2-3-9)4-5-11(7)6-12;1-2-3-4/h6-7,9-10H,2-5,8,14H2,1H3,(H,12,13);6-7H,2-5H2,1H3,(H,10,13);3H,2,4H2,1H3/b7-6-;;. The minimum absolute atomic E-state index is 0.0119. The van der Waals surface area contributed by atoms with E-state index in [9.17, 15) is 14.4 Å². The van der Waals surface area contributed by atoms with Gasteiger partial charge in [0.05, 0.1) is 0 Å². The maximum Gasteiger partial charge on any atom is 0.243 e. The molecule has 5 unspecified atom stereocenters. The van der Waals surface area contributed by atoms with Crippen LogP contribution < -0.4 is 15.1 Å². The summed E-state index contributed by atoms with van der Waals surface area (Å²) in [6.07, 6.45) is 14.5. The molecule has 5 atom stereocenters. The van der Waals surface area contributed by atoms with Gasteiger partial charge in [0, 0.05) is 24.9 Å². The first kappa shape index (κ1) is 29.4. The van der Waals surface area contributed by atoms with E-state index in [2.05, 4.69) is 52.0 Å². The van der Waals surface area contributed by atoms with Crippen LogP contribution in [0.4, 0.5) is 0 Å². The quantitative estimate of drug-likeness (QED) is 0.139. The molecule has 0 radical (unpaired) electrons. The maximum absolute atomic E-state index is 11.5. The first-order chi connectivity index (χ1) is 15.4. The van der Waals surface area contributed by atoms with Crippen molar-refractivity contribution in [3.63, 3.8) is 0 Å². The van der Waals surface area contributed by atoms with Gasteiger partial charge in [0.2, 0.25) is 18.2 Å². The zero-order valence-electron chi connectivity index (χ0n) is 19.8. The zero-order chi connectivity index (χ0) is 24.0. The Balaban J connectivity index is 0.000000276. The van der Waals surface area contributed by atoms with E-state index in [1.807, 2.05) is 6.92 Å². The van der Waals surface area contributed by atoms with Crippen molar-refractivity contribution in [3.8, 4) is 0 Å². The zero-order valence-corrected chi connectivity index (χ0v) is 22.9. The molecule has 10 heteroatoms. The molecule has 3 N–H and O–H groups in total. The summed E-state index contributed by atoms with van der Waals surface area (Å²) >= 11 is 1.31. The summed E-state index contributed by atoms with van der Waals surface area (Å²) in [5, 5.41) is 5.47. The molecule has 0 bridgehead atoms. The molecule has 0 aromatic rings. The summed E-state index contributed by atoms with van der Waals surface area (Å²) < 4.78 is 2.75. The third-order valence-corrected chi connectivity index (χ3v) is 7.28. The largest absolute Gasteiger partial charge is 0.357 e. The average molecular weight is 505 g/mol. The summed E-state index contributed by atoms with van der Waals surface area (Å²) in [7, 11) is 6.46. The number of carbonyl (C=O) groups excluding carboxylic acids is 3. The third kappa shape index (κ3) is 9.67. The molecule has 1 heterocycles. The van der Waals surface area contributed by atoms with E-state index >= 15 is 0 Å². The van der Waals surface area contributed by atoms with Crippen LogP contribution in [0, 0.1) is 17.3 Å². The first-order valence-electron chi connectivity index (χ1n) is 11.6. The van der Waals surface area contributed by atoms with Gasteiger partial charge in [-0.25, -0.2) is 0 Å². The molecule has 7 nitrogen and oxygen atoms in total. The summed E-state index contributed by atoms with van der Waals surface area (Å²) in [5.74, 6) is 0.907. The Hall–Kier alpha value is -0.680. The molecule has 184 valence electrons. The second-order valence-electron chi connectivity index (χ2n) is 8.54. The van der Waals surface area contributed by atoms with Crippen LogP contribution in [0.15, 0.2) is 12.2 Å². The maximum atomic E-state index is 11.5. The lowest BCUT2D eigenvalue weighted by Crippen LogP contribution is -2.45. The van der Waals surface area contributed by atoms with Crippen molar-refractivity contribution in [1.29, 1.82) is 0 Å². The lowest BCUT2D eigenvalue weighted by atomic mass is 9.96. The van der Waals surface area contributed by atoms with Gasteiger partial charge in [0.15, 0.2) is 0 Å². The van der Waals surface area contributed by atoms with Crippen LogP contribution in [0.3, 0.4) is 0 Å². The molecule has 1 spiro atoms. The van der Waals surface area contributed by atoms with Gasteiger partial charge in [0.1, 0.15) is 6.04 Å². The van der Waals surface area contributed by atoms with Gasteiger partial charge in [-0.1, -0.05) is 56.7 Å². The summed E-state index contributed by atoms with van der Waals surface area (Å²) in [6.45, 7) is 6.03. The molecule has 2 aliphatic carbocycles. The topological polar surface area (TPSA) is 90.5 Å². The number of hydrogen-bond donors (Lipinski definition) is 3. The number of nitrogens with zero attached hydrogens (tertiary/aromatic N) is 1. The molecule has 3 rings (SSSR count). The first-order valence-corrected chi connectivity index (χ1v) is 14.5. The van der Waals surface area contributed by atoms with E-state index in [4.69, 9.17) is 0 Å². The van der Waals surface area contributed by atoms with E-state index in [0.29, 0.717) is 5.92 Å². The molecule has 3 fully saturated rings. The molecule has 3 amide bonds. The van der Waals surface area contributed by atoms with Crippen molar-refractivity contribution >= 4 is 47.6 Å². The summed E-state index contributed by atoms with van der Waals surface area (Å²) in [6, 6.07) is -0.199. The smallest absolute Gasteiger partial charge is 0.243 e. The lowest BCUT2D eigenvalue weighted by molar-refractivity contribution is -0.132. The Morgan fingerprint density at radius 2 is 1.88 bits per heavy atom. The van der Waals surface area contributed by atoms with E-state index in [1.54, 1.807) is 11.9 Å². The van der Waals surface area contributed by atoms with Crippen LogP contribution in [0.25, 0.3) is 0 Å². The predicted molar refractivity (Wildman–Crippen MR) is 141 cm³/mol. The lowest BCUT2D eigenvalue weighted by Gasteiger charge is -2.22. The third-order valence-electron chi connectivity index (χ3n) is 6.20. The predicted octanol–water partition coefficient (Wildman–Crippen LogP) is 3.44. The number of rotatable bonds is 10. The monoisotopic (exact) mass is 504 g/mol. The SMILES string of the molecule is CCCCC/C=C\C1CC1C(=O)NSP.CCNP.CNC(=O)C1N(C=O)CCC12CC2. The Morgan fingerprint density at radius 3 is 2.38 bits per heavy atom. The minimum atomic E-state index is -0.199. The Bertz CT molecular complexity index is 618. The highest BCUT2D eigenvalue weighted by Crippen LogP contribution is 2.56. The number of unbranched alkanes of at least 4 members (excludes halogenated alkanes) is 3. The second kappa shape index (κ2) is 16.0. The fourth-order valence-corrected chi connectivity index (χ4v) is 4.59. The van der Waals surface area contributed by atoms with Crippen molar-refractivity contribution in [3.05, 3.63) is 12.2 Å². The molecule has 1 aliphatic heterocycles. The van der Waals surface area contributed by atoms with Crippen molar-refractivity contribution in [2.24, 2.45) is 17.3 Å². The van der Waals surface area contributed by atoms with Crippen LogP contribution in [0.1, 0.15) is 65.2 Å². The van der Waals surface area contributed by atoms with E-state index in [0.717, 1.165) is 51.6 Å². The number of carbonyl (C=O) groups is 3.